The van der Waals surface area contributed by atoms with Crippen LogP contribution >= 0.6 is 0 Å². The quantitative estimate of drug-likeness (QED) is 0.557. The minimum absolute atomic E-state index is 0.451. The van der Waals surface area contributed by atoms with E-state index < -0.39 is 0 Å². The fraction of sp³-hybridized carbons (Fsp3) is 0.895. The molecule has 0 aromatic rings. The molecule has 0 aliphatic heterocycles. The minimum atomic E-state index is 0.451. The van der Waals surface area contributed by atoms with E-state index in [1.54, 1.807) is 0 Å². The third-order valence-corrected chi connectivity index (χ3v) is 5.98. The molecule has 0 spiro atoms. The van der Waals surface area contributed by atoms with E-state index in [-0.39, 0.29) is 0 Å². The Kier molecular flexibility index (Phi) is 7.52. The van der Waals surface area contributed by atoms with Gasteiger partial charge in [0.15, 0.2) is 0 Å². The maximum Gasteiger partial charge on any atom is 0.0632 e. The predicted octanol–water partition coefficient (Wildman–Crippen LogP) is 6.09. The SMILES string of the molecule is C=C(C)C(C)C.CC.COC1CC2CCC1(C)C2(C)C. The van der Waals surface area contributed by atoms with Crippen LogP contribution in [0.4, 0.5) is 0 Å². The van der Waals surface area contributed by atoms with Crippen LogP contribution in [0, 0.1) is 22.7 Å². The number of ether oxygens (including phenoxy) is 1. The van der Waals surface area contributed by atoms with Crippen molar-refractivity contribution in [2.24, 2.45) is 22.7 Å². The maximum absolute atomic E-state index is 5.58. The number of allylic oxidation sites excluding steroid dienone is 1. The molecule has 0 heterocycles. The van der Waals surface area contributed by atoms with Crippen molar-refractivity contribution < 1.29 is 4.74 Å². The fourth-order valence-electron chi connectivity index (χ4n) is 3.49. The highest BCUT2D eigenvalue weighted by Gasteiger charge is 2.61. The van der Waals surface area contributed by atoms with E-state index in [1.807, 2.05) is 27.9 Å². The highest BCUT2D eigenvalue weighted by atomic mass is 16.5. The van der Waals surface area contributed by atoms with Crippen LogP contribution < -0.4 is 0 Å². The van der Waals surface area contributed by atoms with E-state index in [2.05, 4.69) is 41.2 Å². The lowest BCUT2D eigenvalue weighted by Crippen LogP contribution is -2.36. The molecule has 2 rings (SSSR count). The highest BCUT2D eigenvalue weighted by molar-refractivity contribution is 5.10. The molecule has 20 heavy (non-hydrogen) atoms. The van der Waals surface area contributed by atoms with Crippen molar-refractivity contribution in [2.75, 3.05) is 7.11 Å². The summed E-state index contributed by atoms with van der Waals surface area (Å²) in [5.74, 6) is 1.57. The van der Waals surface area contributed by atoms with Crippen molar-refractivity contribution in [1.82, 2.24) is 0 Å². The molecule has 2 saturated carbocycles. The largest absolute Gasteiger partial charge is 0.381 e. The predicted molar refractivity (Wildman–Crippen MR) is 91.0 cm³/mol. The molecule has 2 aliphatic carbocycles. The summed E-state index contributed by atoms with van der Waals surface area (Å²) in [7, 11) is 1.87. The standard InChI is InChI=1S/C11H20O.C6H12.C2H6/c1-10(2)8-5-6-11(10,3)9(7-8)12-4;1-5(2)6(3)4;1-2/h8-9H,5-7H2,1-4H3;6H,1H2,2-4H3;1-2H3. The normalized spacial score (nSPS) is 33.1. The summed E-state index contributed by atoms with van der Waals surface area (Å²) in [5.41, 5.74) is 2.22. The molecule has 1 nitrogen and oxygen atoms in total. The summed E-state index contributed by atoms with van der Waals surface area (Å²) in [4.78, 5) is 0. The average Bonchev–Trinajstić information content (AvgIpc) is 2.73. The van der Waals surface area contributed by atoms with Crippen molar-refractivity contribution in [2.45, 2.75) is 80.8 Å². The lowest BCUT2D eigenvalue weighted by atomic mass is 9.70. The molecule has 2 bridgehead atoms. The molecule has 120 valence electrons. The number of rotatable bonds is 2. The number of fused-ring (bicyclic) bond motifs is 2. The molecular formula is C19H38O. The van der Waals surface area contributed by atoms with Gasteiger partial charge in [-0.1, -0.05) is 60.6 Å². The summed E-state index contributed by atoms with van der Waals surface area (Å²) < 4.78 is 5.58. The Morgan fingerprint density at radius 1 is 1.20 bits per heavy atom. The molecule has 2 fully saturated rings. The van der Waals surface area contributed by atoms with Crippen molar-refractivity contribution in [3.8, 4) is 0 Å². The molecule has 1 heteroatoms. The van der Waals surface area contributed by atoms with Gasteiger partial charge in [0.1, 0.15) is 0 Å². The molecular weight excluding hydrogens is 244 g/mol. The number of hydrogen-bond donors (Lipinski definition) is 0. The summed E-state index contributed by atoms with van der Waals surface area (Å²) in [5, 5.41) is 0. The van der Waals surface area contributed by atoms with Crippen LogP contribution in [0.5, 0.6) is 0 Å². The lowest BCUT2D eigenvalue weighted by molar-refractivity contribution is -0.0200. The fourth-order valence-corrected chi connectivity index (χ4v) is 3.49. The summed E-state index contributed by atoms with van der Waals surface area (Å²) in [6.07, 6.45) is 4.60. The first-order chi connectivity index (χ1) is 9.16. The minimum Gasteiger partial charge on any atom is -0.381 e. The summed E-state index contributed by atoms with van der Waals surface area (Å²) in [6.45, 7) is 21.3. The van der Waals surface area contributed by atoms with E-state index in [4.69, 9.17) is 4.74 Å². The zero-order chi connectivity index (χ0) is 16.1. The Morgan fingerprint density at radius 2 is 1.65 bits per heavy atom. The van der Waals surface area contributed by atoms with Crippen molar-refractivity contribution in [1.29, 1.82) is 0 Å². The van der Waals surface area contributed by atoms with Crippen molar-refractivity contribution in [3.05, 3.63) is 12.2 Å². The Bertz CT molecular complexity index is 303. The van der Waals surface area contributed by atoms with E-state index in [0.717, 1.165) is 5.92 Å². The molecule has 2 aliphatic rings. The van der Waals surface area contributed by atoms with Gasteiger partial charge in [-0.25, -0.2) is 0 Å². The van der Waals surface area contributed by atoms with Crippen LogP contribution in [0.15, 0.2) is 12.2 Å². The lowest BCUT2D eigenvalue weighted by Gasteiger charge is -2.38. The van der Waals surface area contributed by atoms with Crippen LogP contribution in [-0.2, 0) is 4.74 Å². The molecule has 0 amide bonds. The smallest absolute Gasteiger partial charge is 0.0632 e. The Labute approximate surface area is 128 Å². The molecule has 0 saturated heterocycles. The monoisotopic (exact) mass is 282 g/mol. The van der Waals surface area contributed by atoms with E-state index in [0.29, 0.717) is 22.9 Å². The van der Waals surface area contributed by atoms with Gasteiger partial charge in [0.25, 0.3) is 0 Å². The van der Waals surface area contributed by atoms with E-state index in [9.17, 15) is 0 Å². The van der Waals surface area contributed by atoms with Crippen LogP contribution in [0.25, 0.3) is 0 Å². The van der Waals surface area contributed by atoms with E-state index >= 15 is 0 Å². The maximum atomic E-state index is 5.58. The number of hydrogen-bond acceptors (Lipinski definition) is 1. The van der Waals surface area contributed by atoms with Crippen LogP contribution in [0.2, 0.25) is 0 Å². The van der Waals surface area contributed by atoms with Gasteiger partial charge in [-0.2, -0.15) is 0 Å². The first-order valence-electron chi connectivity index (χ1n) is 8.35. The van der Waals surface area contributed by atoms with Gasteiger partial charge in [0, 0.05) is 7.11 Å². The third-order valence-electron chi connectivity index (χ3n) is 5.98. The molecule has 0 aromatic heterocycles. The Hall–Kier alpha value is -0.300. The van der Waals surface area contributed by atoms with Gasteiger partial charge in [0.2, 0.25) is 0 Å². The van der Waals surface area contributed by atoms with Crippen molar-refractivity contribution >= 4 is 0 Å². The number of methoxy groups -OCH3 is 1. The Balaban J connectivity index is 0.000000387. The summed E-state index contributed by atoms with van der Waals surface area (Å²) >= 11 is 0. The third kappa shape index (κ3) is 3.67. The van der Waals surface area contributed by atoms with Crippen LogP contribution in [0.3, 0.4) is 0 Å². The molecule has 3 unspecified atom stereocenters. The first kappa shape index (κ1) is 19.7. The zero-order valence-corrected chi connectivity index (χ0v) is 15.5. The van der Waals surface area contributed by atoms with Crippen LogP contribution in [0.1, 0.15) is 74.7 Å². The molecule has 0 N–H and O–H groups in total. The topological polar surface area (TPSA) is 9.23 Å². The van der Waals surface area contributed by atoms with Gasteiger partial charge < -0.3 is 4.74 Å². The van der Waals surface area contributed by atoms with Crippen LogP contribution in [-0.4, -0.2) is 13.2 Å². The Morgan fingerprint density at radius 3 is 1.80 bits per heavy atom. The second-order valence-electron chi connectivity index (χ2n) is 7.34. The highest BCUT2D eigenvalue weighted by Crippen LogP contribution is 2.66. The van der Waals surface area contributed by atoms with Gasteiger partial charge in [-0.3, -0.25) is 0 Å². The summed E-state index contributed by atoms with van der Waals surface area (Å²) in [6, 6.07) is 0. The first-order valence-corrected chi connectivity index (χ1v) is 8.35. The van der Waals surface area contributed by atoms with Gasteiger partial charge in [0.05, 0.1) is 6.10 Å². The molecule has 0 radical (unpaired) electrons. The van der Waals surface area contributed by atoms with Gasteiger partial charge >= 0.3 is 0 Å². The van der Waals surface area contributed by atoms with Gasteiger partial charge in [-0.15, -0.1) is 0 Å². The second-order valence-corrected chi connectivity index (χ2v) is 7.34. The molecule has 3 atom stereocenters. The van der Waals surface area contributed by atoms with Gasteiger partial charge in [-0.05, 0) is 48.9 Å². The second kappa shape index (κ2) is 7.64. The average molecular weight is 283 g/mol. The van der Waals surface area contributed by atoms with E-state index in [1.165, 1.54) is 24.8 Å². The zero-order valence-electron chi connectivity index (χ0n) is 15.5. The van der Waals surface area contributed by atoms with Crippen molar-refractivity contribution in [3.63, 3.8) is 0 Å². The molecule has 0 aromatic carbocycles.